The average Bonchev–Trinajstić information content (AvgIpc) is 2.79. The van der Waals surface area contributed by atoms with Crippen molar-refractivity contribution < 1.29 is 9.59 Å². The van der Waals surface area contributed by atoms with Crippen molar-refractivity contribution in [1.82, 2.24) is 4.90 Å². The van der Waals surface area contributed by atoms with Gasteiger partial charge in [-0.25, -0.2) is 0 Å². The zero-order valence-corrected chi connectivity index (χ0v) is 14.0. The summed E-state index contributed by atoms with van der Waals surface area (Å²) in [7, 11) is 0. The molecule has 2 aromatic rings. The minimum atomic E-state index is -0.252. The van der Waals surface area contributed by atoms with Crippen molar-refractivity contribution in [2.45, 2.75) is 13.5 Å². The number of thioether (sulfide) groups is 1. The standard InChI is InChI=1S/C18H14ClNO2S/c1-12-4-2-3-5-14(12)11-20-17(21)16(23-18(20)22)10-13-6-8-15(19)9-7-13/h2-10H,11H2,1H3. The molecule has 1 saturated heterocycles. The number of carbonyl (C=O) groups excluding carboxylic acids is 2. The summed E-state index contributed by atoms with van der Waals surface area (Å²) in [4.78, 5) is 26.4. The maximum Gasteiger partial charge on any atom is 0.293 e. The van der Waals surface area contributed by atoms with Gasteiger partial charge >= 0.3 is 0 Å². The zero-order chi connectivity index (χ0) is 16.4. The van der Waals surface area contributed by atoms with Crippen molar-refractivity contribution in [2.24, 2.45) is 0 Å². The molecule has 0 N–H and O–H groups in total. The summed E-state index contributed by atoms with van der Waals surface area (Å²) in [6.45, 7) is 2.27. The van der Waals surface area contributed by atoms with Crippen molar-refractivity contribution in [3.05, 3.63) is 75.1 Å². The van der Waals surface area contributed by atoms with E-state index in [1.807, 2.05) is 43.3 Å². The number of benzene rings is 2. The van der Waals surface area contributed by atoms with Crippen molar-refractivity contribution in [1.29, 1.82) is 0 Å². The second-order valence-electron chi connectivity index (χ2n) is 5.25. The summed E-state index contributed by atoms with van der Waals surface area (Å²) in [5.41, 5.74) is 2.88. The lowest BCUT2D eigenvalue weighted by Crippen LogP contribution is -2.27. The molecule has 2 aromatic carbocycles. The highest BCUT2D eigenvalue weighted by atomic mass is 35.5. The van der Waals surface area contributed by atoms with Gasteiger partial charge < -0.3 is 0 Å². The number of hydrogen-bond acceptors (Lipinski definition) is 3. The van der Waals surface area contributed by atoms with Crippen LogP contribution in [0, 0.1) is 6.92 Å². The third-order valence-corrected chi connectivity index (χ3v) is 4.79. The van der Waals surface area contributed by atoms with Crippen molar-refractivity contribution in [3.63, 3.8) is 0 Å². The summed E-state index contributed by atoms with van der Waals surface area (Å²) >= 11 is 6.82. The summed E-state index contributed by atoms with van der Waals surface area (Å²) in [5, 5.41) is 0.397. The lowest BCUT2D eigenvalue weighted by molar-refractivity contribution is -0.123. The number of carbonyl (C=O) groups is 2. The molecule has 1 heterocycles. The molecule has 1 aliphatic rings. The lowest BCUT2D eigenvalue weighted by Gasteiger charge is -2.14. The highest BCUT2D eigenvalue weighted by molar-refractivity contribution is 8.18. The normalized spacial score (nSPS) is 16.4. The number of rotatable bonds is 3. The Labute approximate surface area is 143 Å². The monoisotopic (exact) mass is 343 g/mol. The predicted octanol–water partition coefficient (Wildman–Crippen LogP) is 4.88. The largest absolute Gasteiger partial charge is 0.293 e. The lowest BCUT2D eigenvalue weighted by atomic mass is 10.1. The van der Waals surface area contributed by atoms with Crippen LogP contribution in [0.5, 0.6) is 0 Å². The second-order valence-corrected chi connectivity index (χ2v) is 6.68. The van der Waals surface area contributed by atoms with E-state index in [1.54, 1.807) is 18.2 Å². The number of amides is 2. The maximum absolute atomic E-state index is 12.5. The number of halogens is 1. The van der Waals surface area contributed by atoms with E-state index in [0.29, 0.717) is 16.5 Å². The van der Waals surface area contributed by atoms with Gasteiger partial charge in [0.1, 0.15) is 0 Å². The van der Waals surface area contributed by atoms with Gasteiger partial charge in [0.15, 0.2) is 0 Å². The molecule has 2 amide bonds. The molecule has 5 heteroatoms. The first-order chi connectivity index (χ1) is 11.0. The Morgan fingerprint density at radius 1 is 1.09 bits per heavy atom. The van der Waals surface area contributed by atoms with E-state index in [9.17, 15) is 9.59 Å². The van der Waals surface area contributed by atoms with Gasteiger partial charge in [-0.3, -0.25) is 14.5 Å². The van der Waals surface area contributed by atoms with Crippen LogP contribution in [0.15, 0.2) is 53.4 Å². The Hall–Kier alpha value is -2.04. The van der Waals surface area contributed by atoms with E-state index in [1.165, 1.54) is 4.90 Å². The van der Waals surface area contributed by atoms with E-state index in [-0.39, 0.29) is 11.1 Å². The Bertz CT molecular complexity index is 799. The van der Waals surface area contributed by atoms with Crippen LogP contribution in [-0.4, -0.2) is 16.0 Å². The zero-order valence-electron chi connectivity index (χ0n) is 12.5. The molecule has 0 bridgehead atoms. The molecule has 0 radical (unpaired) electrons. The van der Waals surface area contributed by atoms with Crippen LogP contribution in [0.25, 0.3) is 6.08 Å². The highest BCUT2D eigenvalue weighted by Gasteiger charge is 2.35. The van der Waals surface area contributed by atoms with Gasteiger partial charge in [0.25, 0.3) is 11.1 Å². The smallest absolute Gasteiger partial charge is 0.268 e. The number of nitrogens with zero attached hydrogens (tertiary/aromatic N) is 1. The first-order valence-electron chi connectivity index (χ1n) is 7.10. The molecule has 1 fully saturated rings. The fourth-order valence-electron chi connectivity index (χ4n) is 2.30. The van der Waals surface area contributed by atoms with Crippen molar-refractivity contribution in [2.75, 3.05) is 0 Å². The first-order valence-corrected chi connectivity index (χ1v) is 8.29. The fourth-order valence-corrected chi connectivity index (χ4v) is 3.27. The Morgan fingerprint density at radius 2 is 1.78 bits per heavy atom. The molecule has 0 atom stereocenters. The third kappa shape index (κ3) is 3.49. The second kappa shape index (κ2) is 6.60. The van der Waals surface area contributed by atoms with Gasteiger partial charge in [0, 0.05) is 5.02 Å². The Kier molecular flexibility index (Phi) is 4.55. The molecule has 0 spiro atoms. The van der Waals surface area contributed by atoms with E-state index < -0.39 is 0 Å². The van der Waals surface area contributed by atoms with E-state index in [4.69, 9.17) is 11.6 Å². The topological polar surface area (TPSA) is 37.4 Å². The van der Waals surface area contributed by atoms with Crippen LogP contribution in [0.2, 0.25) is 5.02 Å². The molecule has 0 unspecified atom stereocenters. The van der Waals surface area contributed by atoms with Crippen LogP contribution in [0.1, 0.15) is 16.7 Å². The van der Waals surface area contributed by atoms with Crippen molar-refractivity contribution >= 4 is 40.6 Å². The summed E-state index contributed by atoms with van der Waals surface area (Å²) in [6.07, 6.45) is 1.72. The van der Waals surface area contributed by atoms with Gasteiger partial charge in [-0.1, -0.05) is 48.0 Å². The number of hydrogen-bond donors (Lipinski definition) is 0. The molecular formula is C18H14ClNO2S. The van der Waals surface area contributed by atoms with Gasteiger partial charge in [-0.15, -0.1) is 0 Å². The number of imide groups is 1. The molecule has 0 saturated carbocycles. The molecule has 1 aliphatic heterocycles. The van der Waals surface area contributed by atoms with Crippen LogP contribution in [-0.2, 0) is 11.3 Å². The number of aryl methyl sites for hydroxylation is 1. The summed E-state index contributed by atoms with van der Waals surface area (Å²) < 4.78 is 0. The molecule has 3 rings (SSSR count). The molecular weight excluding hydrogens is 330 g/mol. The molecule has 116 valence electrons. The summed E-state index contributed by atoms with van der Waals surface area (Å²) in [5.74, 6) is -0.252. The minimum Gasteiger partial charge on any atom is -0.268 e. The fraction of sp³-hybridized carbons (Fsp3) is 0.111. The van der Waals surface area contributed by atoms with Gasteiger partial charge in [-0.05, 0) is 53.6 Å². The van der Waals surface area contributed by atoms with Gasteiger partial charge in [0.05, 0.1) is 11.4 Å². The Balaban J connectivity index is 1.82. The van der Waals surface area contributed by atoms with E-state index >= 15 is 0 Å². The maximum atomic E-state index is 12.5. The molecule has 23 heavy (non-hydrogen) atoms. The van der Waals surface area contributed by atoms with E-state index in [2.05, 4.69) is 0 Å². The predicted molar refractivity (Wildman–Crippen MR) is 94.1 cm³/mol. The summed E-state index contributed by atoms with van der Waals surface area (Å²) in [6, 6.07) is 14.9. The molecule has 0 aliphatic carbocycles. The minimum absolute atomic E-state index is 0.238. The molecule has 3 nitrogen and oxygen atoms in total. The van der Waals surface area contributed by atoms with Crippen LogP contribution in [0.3, 0.4) is 0 Å². The van der Waals surface area contributed by atoms with Crippen LogP contribution in [0.4, 0.5) is 4.79 Å². The SMILES string of the molecule is Cc1ccccc1CN1C(=O)SC(=Cc2ccc(Cl)cc2)C1=O. The van der Waals surface area contributed by atoms with Gasteiger partial charge in [-0.2, -0.15) is 0 Å². The van der Waals surface area contributed by atoms with E-state index in [0.717, 1.165) is 28.5 Å². The Morgan fingerprint density at radius 3 is 2.48 bits per heavy atom. The molecule has 0 aromatic heterocycles. The third-order valence-electron chi connectivity index (χ3n) is 3.63. The van der Waals surface area contributed by atoms with Crippen LogP contribution < -0.4 is 0 Å². The van der Waals surface area contributed by atoms with Gasteiger partial charge in [0.2, 0.25) is 0 Å². The highest BCUT2D eigenvalue weighted by Crippen LogP contribution is 2.33. The van der Waals surface area contributed by atoms with Crippen molar-refractivity contribution in [3.8, 4) is 0 Å². The van der Waals surface area contributed by atoms with Crippen LogP contribution >= 0.6 is 23.4 Å². The quantitative estimate of drug-likeness (QED) is 0.745. The first kappa shape index (κ1) is 15.8. The average molecular weight is 344 g/mol.